The largest absolute Gasteiger partial charge is 0.387 e. The van der Waals surface area contributed by atoms with E-state index in [4.69, 9.17) is 0 Å². The predicted molar refractivity (Wildman–Crippen MR) is 96.0 cm³/mol. The van der Waals surface area contributed by atoms with Gasteiger partial charge in [0.25, 0.3) is 0 Å². The van der Waals surface area contributed by atoms with Gasteiger partial charge in [0.05, 0.1) is 0 Å². The van der Waals surface area contributed by atoms with Gasteiger partial charge in [0.15, 0.2) is 5.78 Å². The van der Waals surface area contributed by atoms with Crippen molar-refractivity contribution in [2.45, 2.75) is 6.92 Å². The van der Waals surface area contributed by atoms with E-state index in [-0.39, 0.29) is 5.78 Å². The molecule has 0 spiro atoms. The normalized spacial score (nSPS) is 10.3. The number of carbonyl (C=O) groups is 1. The Balaban J connectivity index is 2.10. The van der Waals surface area contributed by atoms with E-state index in [0.29, 0.717) is 11.1 Å². The SMILES string of the molecule is CNc1c(C(=O)c2ccccc2)ccc(-c2ccccc2)c1C. The summed E-state index contributed by atoms with van der Waals surface area (Å²) in [6.45, 7) is 2.05. The lowest BCUT2D eigenvalue weighted by atomic mass is 9.93. The molecule has 23 heavy (non-hydrogen) atoms. The van der Waals surface area contributed by atoms with Crippen LogP contribution in [0.4, 0.5) is 5.69 Å². The van der Waals surface area contributed by atoms with E-state index in [2.05, 4.69) is 24.4 Å². The Kier molecular flexibility index (Phi) is 4.24. The fraction of sp³-hybridized carbons (Fsp3) is 0.0952. The van der Waals surface area contributed by atoms with E-state index in [9.17, 15) is 4.79 Å². The van der Waals surface area contributed by atoms with Gasteiger partial charge in [0.1, 0.15) is 0 Å². The van der Waals surface area contributed by atoms with Crippen LogP contribution in [-0.4, -0.2) is 12.8 Å². The fourth-order valence-electron chi connectivity index (χ4n) is 2.90. The van der Waals surface area contributed by atoms with Crippen molar-refractivity contribution in [1.82, 2.24) is 0 Å². The zero-order chi connectivity index (χ0) is 16.2. The monoisotopic (exact) mass is 301 g/mol. The van der Waals surface area contributed by atoms with E-state index in [1.165, 1.54) is 0 Å². The summed E-state index contributed by atoms with van der Waals surface area (Å²) >= 11 is 0. The van der Waals surface area contributed by atoms with E-state index in [0.717, 1.165) is 22.4 Å². The minimum Gasteiger partial charge on any atom is -0.387 e. The van der Waals surface area contributed by atoms with Crippen molar-refractivity contribution >= 4 is 11.5 Å². The Labute approximate surface area is 136 Å². The van der Waals surface area contributed by atoms with Crippen molar-refractivity contribution in [1.29, 1.82) is 0 Å². The Hall–Kier alpha value is -2.87. The van der Waals surface area contributed by atoms with Gasteiger partial charge in [-0.25, -0.2) is 0 Å². The van der Waals surface area contributed by atoms with Crippen molar-refractivity contribution < 1.29 is 4.79 Å². The van der Waals surface area contributed by atoms with E-state index >= 15 is 0 Å². The second kappa shape index (κ2) is 6.49. The molecular weight excluding hydrogens is 282 g/mol. The van der Waals surface area contributed by atoms with Gasteiger partial charge in [-0.05, 0) is 29.7 Å². The first-order chi connectivity index (χ1) is 11.2. The third kappa shape index (κ3) is 2.88. The van der Waals surface area contributed by atoms with Gasteiger partial charge in [-0.3, -0.25) is 4.79 Å². The van der Waals surface area contributed by atoms with Crippen LogP contribution in [0.15, 0.2) is 72.8 Å². The van der Waals surface area contributed by atoms with Crippen LogP contribution < -0.4 is 5.32 Å². The Morgan fingerprint density at radius 1 is 0.826 bits per heavy atom. The van der Waals surface area contributed by atoms with Gasteiger partial charge in [0, 0.05) is 23.9 Å². The minimum atomic E-state index is 0.0395. The summed E-state index contributed by atoms with van der Waals surface area (Å²) in [7, 11) is 1.86. The average molecular weight is 301 g/mol. The van der Waals surface area contributed by atoms with Crippen LogP contribution in [0, 0.1) is 6.92 Å². The molecular formula is C21H19NO. The number of anilines is 1. The molecule has 0 saturated carbocycles. The molecule has 0 amide bonds. The molecule has 114 valence electrons. The fourth-order valence-corrected chi connectivity index (χ4v) is 2.90. The number of hydrogen-bond donors (Lipinski definition) is 1. The van der Waals surface area contributed by atoms with Crippen LogP contribution in [0.3, 0.4) is 0 Å². The van der Waals surface area contributed by atoms with Crippen LogP contribution in [0.5, 0.6) is 0 Å². The molecule has 0 atom stereocenters. The molecule has 0 radical (unpaired) electrons. The van der Waals surface area contributed by atoms with Gasteiger partial charge in [-0.2, -0.15) is 0 Å². The Morgan fingerprint density at radius 2 is 1.43 bits per heavy atom. The molecule has 2 nitrogen and oxygen atoms in total. The second-order valence-electron chi connectivity index (χ2n) is 5.47. The molecule has 0 bridgehead atoms. The quantitative estimate of drug-likeness (QED) is 0.692. The van der Waals surface area contributed by atoms with E-state index in [1.54, 1.807) is 0 Å². The van der Waals surface area contributed by atoms with Crippen molar-refractivity contribution in [3.63, 3.8) is 0 Å². The van der Waals surface area contributed by atoms with Gasteiger partial charge < -0.3 is 5.32 Å². The van der Waals surface area contributed by atoms with Crippen molar-refractivity contribution in [3.05, 3.63) is 89.5 Å². The van der Waals surface area contributed by atoms with Crippen molar-refractivity contribution in [3.8, 4) is 11.1 Å². The van der Waals surface area contributed by atoms with Gasteiger partial charge in [0.2, 0.25) is 0 Å². The summed E-state index contributed by atoms with van der Waals surface area (Å²) in [5, 5.41) is 3.20. The lowest BCUT2D eigenvalue weighted by Gasteiger charge is -2.16. The molecule has 0 aliphatic carbocycles. The first kappa shape index (κ1) is 15.0. The number of nitrogens with one attached hydrogen (secondary N) is 1. The van der Waals surface area contributed by atoms with Gasteiger partial charge >= 0.3 is 0 Å². The average Bonchev–Trinajstić information content (AvgIpc) is 2.62. The van der Waals surface area contributed by atoms with Crippen LogP contribution in [0.2, 0.25) is 0 Å². The molecule has 2 heteroatoms. The number of carbonyl (C=O) groups excluding carboxylic acids is 1. The van der Waals surface area contributed by atoms with Gasteiger partial charge in [-0.15, -0.1) is 0 Å². The third-order valence-corrected chi connectivity index (χ3v) is 4.08. The highest BCUT2D eigenvalue weighted by atomic mass is 16.1. The van der Waals surface area contributed by atoms with E-state index in [1.807, 2.05) is 67.7 Å². The number of hydrogen-bond acceptors (Lipinski definition) is 2. The molecule has 0 unspecified atom stereocenters. The second-order valence-corrected chi connectivity index (χ2v) is 5.47. The molecule has 1 N–H and O–H groups in total. The molecule has 0 heterocycles. The summed E-state index contributed by atoms with van der Waals surface area (Å²) in [5.41, 5.74) is 5.67. The van der Waals surface area contributed by atoms with Crippen LogP contribution in [-0.2, 0) is 0 Å². The maximum Gasteiger partial charge on any atom is 0.195 e. The van der Waals surface area contributed by atoms with Gasteiger partial charge in [-0.1, -0.05) is 66.7 Å². The summed E-state index contributed by atoms with van der Waals surface area (Å²) in [6.07, 6.45) is 0. The number of ketones is 1. The van der Waals surface area contributed by atoms with Crippen LogP contribution in [0.1, 0.15) is 21.5 Å². The highest BCUT2D eigenvalue weighted by Gasteiger charge is 2.17. The smallest absolute Gasteiger partial charge is 0.195 e. The first-order valence-electron chi connectivity index (χ1n) is 7.69. The summed E-state index contributed by atoms with van der Waals surface area (Å²) < 4.78 is 0. The number of benzene rings is 3. The Morgan fingerprint density at radius 3 is 2.04 bits per heavy atom. The van der Waals surface area contributed by atoms with Crippen LogP contribution >= 0.6 is 0 Å². The van der Waals surface area contributed by atoms with Crippen molar-refractivity contribution in [2.24, 2.45) is 0 Å². The maximum atomic E-state index is 12.8. The zero-order valence-electron chi connectivity index (χ0n) is 13.3. The molecule has 0 fully saturated rings. The van der Waals surface area contributed by atoms with E-state index < -0.39 is 0 Å². The molecule has 3 aromatic rings. The molecule has 0 aliphatic heterocycles. The molecule has 0 aliphatic rings. The van der Waals surface area contributed by atoms with Crippen molar-refractivity contribution in [2.75, 3.05) is 12.4 Å². The zero-order valence-corrected chi connectivity index (χ0v) is 13.3. The Bertz CT molecular complexity index is 823. The summed E-state index contributed by atoms with van der Waals surface area (Å²) in [6, 6.07) is 23.6. The predicted octanol–water partition coefficient (Wildman–Crippen LogP) is 4.93. The maximum absolute atomic E-state index is 12.8. The van der Waals surface area contributed by atoms with Crippen LogP contribution in [0.25, 0.3) is 11.1 Å². The number of rotatable bonds is 4. The third-order valence-electron chi connectivity index (χ3n) is 4.08. The summed E-state index contributed by atoms with van der Waals surface area (Å²) in [4.78, 5) is 12.8. The minimum absolute atomic E-state index is 0.0395. The molecule has 0 aromatic heterocycles. The molecule has 3 aromatic carbocycles. The highest BCUT2D eigenvalue weighted by Crippen LogP contribution is 2.32. The highest BCUT2D eigenvalue weighted by molar-refractivity contribution is 6.13. The lowest BCUT2D eigenvalue weighted by Crippen LogP contribution is -2.07. The molecule has 3 rings (SSSR count). The topological polar surface area (TPSA) is 29.1 Å². The standard InChI is InChI=1S/C21H19NO/c1-15-18(16-9-5-3-6-10-16)13-14-19(20(15)22-2)21(23)17-11-7-4-8-12-17/h3-14,22H,1-2H3. The lowest BCUT2D eigenvalue weighted by molar-refractivity contribution is 0.103. The summed E-state index contributed by atoms with van der Waals surface area (Å²) in [5.74, 6) is 0.0395. The molecule has 0 saturated heterocycles. The first-order valence-corrected chi connectivity index (χ1v) is 7.69.